The van der Waals surface area contributed by atoms with Gasteiger partial charge in [-0.1, -0.05) is 24.3 Å². The molecule has 1 aliphatic rings. The second-order valence-electron chi connectivity index (χ2n) is 5.64. The van der Waals surface area contributed by atoms with Crippen LogP contribution in [-0.2, 0) is 4.79 Å². The molecule has 1 aliphatic heterocycles. The molecule has 0 fully saturated rings. The van der Waals surface area contributed by atoms with Crippen molar-refractivity contribution in [2.24, 2.45) is 0 Å². The zero-order valence-electron chi connectivity index (χ0n) is 13.5. The smallest absolute Gasteiger partial charge is 0.255 e. The number of nitrogens with one attached hydrogen (secondary N) is 2. The van der Waals surface area contributed by atoms with Gasteiger partial charge in [-0.3, -0.25) is 9.59 Å². The van der Waals surface area contributed by atoms with E-state index in [0.29, 0.717) is 16.9 Å². The lowest BCUT2D eigenvalue weighted by molar-refractivity contribution is -0.114. The van der Waals surface area contributed by atoms with Crippen LogP contribution in [0.1, 0.15) is 17.3 Å². The summed E-state index contributed by atoms with van der Waals surface area (Å²) in [4.78, 5) is 25.8. The zero-order valence-corrected chi connectivity index (χ0v) is 13.5. The molecule has 0 saturated heterocycles. The average molecular weight is 321 g/mol. The molecule has 0 radical (unpaired) electrons. The van der Waals surface area contributed by atoms with Gasteiger partial charge in [0, 0.05) is 42.6 Å². The molecule has 0 spiro atoms. The van der Waals surface area contributed by atoms with Gasteiger partial charge in [-0.25, -0.2) is 0 Å². The maximum absolute atomic E-state index is 12.5. The van der Waals surface area contributed by atoms with Crippen molar-refractivity contribution < 1.29 is 9.59 Å². The minimum Gasteiger partial charge on any atom is -0.364 e. The lowest BCUT2D eigenvalue weighted by atomic mass is 10.1. The Balaban J connectivity index is 1.73. The highest BCUT2D eigenvalue weighted by Gasteiger charge is 2.11. The predicted molar refractivity (Wildman–Crippen MR) is 96.5 cm³/mol. The summed E-state index contributed by atoms with van der Waals surface area (Å²) >= 11 is 0. The number of rotatable bonds is 4. The number of benzene rings is 2. The minimum absolute atomic E-state index is 0.148. The summed E-state index contributed by atoms with van der Waals surface area (Å²) in [6.07, 6.45) is 4.22. The van der Waals surface area contributed by atoms with Crippen LogP contribution in [0.25, 0.3) is 0 Å². The first-order valence-corrected chi connectivity index (χ1v) is 7.81. The third-order valence-electron chi connectivity index (χ3n) is 3.73. The molecule has 0 aromatic heterocycles. The maximum Gasteiger partial charge on any atom is 0.255 e. The average Bonchev–Trinajstić information content (AvgIpc) is 3.09. The Bertz CT molecular complexity index is 791. The first-order valence-electron chi connectivity index (χ1n) is 7.81. The number of hydrogen-bond acceptors (Lipinski definition) is 3. The molecule has 24 heavy (non-hydrogen) atoms. The standard InChI is InChI=1S/C19H19N3O2/c1-14(23)20-16-7-5-8-17(13-16)21-19(24)15-6-4-9-18(12-15)22-10-2-3-11-22/h2-9,12-13H,10-11H2,1H3,(H,20,23)(H,21,24). The highest BCUT2D eigenvalue weighted by Crippen LogP contribution is 2.20. The molecule has 1 heterocycles. The third-order valence-corrected chi connectivity index (χ3v) is 3.73. The molecular weight excluding hydrogens is 302 g/mol. The van der Waals surface area contributed by atoms with Gasteiger partial charge in [-0.2, -0.15) is 0 Å². The van der Waals surface area contributed by atoms with Crippen molar-refractivity contribution in [1.29, 1.82) is 0 Å². The SMILES string of the molecule is CC(=O)Nc1cccc(NC(=O)c2cccc(N3CC=CC3)c2)c1. The van der Waals surface area contributed by atoms with Crippen LogP contribution in [0.4, 0.5) is 17.1 Å². The number of nitrogens with zero attached hydrogens (tertiary/aromatic N) is 1. The normalized spacial score (nSPS) is 13.0. The number of carbonyl (C=O) groups excluding carboxylic acids is 2. The van der Waals surface area contributed by atoms with Crippen molar-refractivity contribution >= 4 is 28.9 Å². The fraction of sp³-hybridized carbons (Fsp3) is 0.158. The highest BCUT2D eigenvalue weighted by atomic mass is 16.2. The lowest BCUT2D eigenvalue weighted by Gasteiger charge is -2.18. The quantitative estimate of drug-likeness (QED) is 0.850. The van der Waals surface area contributed by atoms with Crippen molar-refractivity contribution in [3.05, 3.63) is 66.2 Å². The van der Waals surface area contributed by atoms with E-state index in [0.717, 1.165) is 18.8 Å². The van der Waals surface area contributed by atoms with Crippen molar-refractivity contribution in [1.82, 2.24) is 0 Å². The summed E-state index contributed by atoms with van der Waals surface area (Å²) < 4.78 is 0. The van der Waals surface area contributed by atoms with E-state index in [1.165, 1.54) is 6.92 Å². The summed E-state index contributed by atoms with van der Waals surface area (Å²) in [5.41, 5.74) is 2.92. The topological polar surface area (TPSA) is 61.4 Å². The third kappa shape index (κ3) is 3.81. The summed E-state index contributed by atoms with van der Waals surface area (Å²) in [7, 11) is 0. The summed E-state index contributed by atoms with van der Waals surface area (Å²) in [5.74, 6) is -0.325. The van der Waals surface area contributed by atoms with E-state index in [9.17, 15) is 9.59 Å². The van der Waals surface area contributed by atoms with Crippen LogP contribution in [-0.4, -0.2) is 24.9 Å². The van der Waals surface area contributed by atoms with Crippen LogP contribution in [0.2, 0.25) is 0 Å². The molecule has 2 amide bonds. The van der Waals surface area contributed by atoms with Gasteiger partial charge in [-0.15, -0.1) is 0 Å². The molecule has 0 unspecified atom stereocenters. The van der Waals surface area contributed by atoms with Gasteiger partial charge < -0.3 is 15.5 Å². The first-order chi connectivity index (χ1) is 11.6. The van der Waals surface area contributed by atoms with Crippen LogP contribution in [0.5, 0.6) is 0 Å². The van der Waals surface area contributed by atoms with E-state index in [1.54, 1.807) is 30.3 Å². The van der Waals surface area contributed by atoms with Crippen LogP contribution >= 0.6 is 0 Å². The van der Waals surface area contributed by atoms with Gasteiger partial charge in [-0.05, 0) is 36.4 Å². The fourth-order valence-corrected chi connectivity index (χ4v) is 2.61. The van der Waals surface area contributed by atoms with E-state index in [2.05, 4.69) is 27.7 Å². The number of carbonyl (C=O) groups is 2. The van der Waals surface area contributed by atoms with Gasteiger partial charge in [0.2, 0.25) is 5.91 Å². The minimum atomic E-state index is -0.177. The molecule has 2 aromatic rings. The summed E-state index contributed by atoms with van der Waals surface area (Å²) in [5, 5.41) is 5.57. The Morgan fingerprint density at radius 1 is 0.917 bits per heavy atom. The molecule has 2 N–H and O–H groups in total. The maximum atomic E-state index is 12.5. The molecule has 122 valence electrons. The number of amides is 2. The Kier molecular flexibility index (Phi) is 4.61. The Hall–Kier alpha value is -3.08. The van der Waals surface area contributed by atoms with E-state index in [-0.39, 0.29) is 11.8 Å². The second kappa shape index (κ2) is 7.00. The molecule has 0 atom stereocenters. The van der Waals surface area contributed by atoms with Gasteiger partial charge >= 0.3 is 0 Å². The number of hydrogen-bond donors (Lipinski definition) is 2. The van der Waals surface area contributed by atoms with Crippen LogP contribution < -0.4 is 15.5 Å². The molecule has 3 rings (SSSR count). The molecule has 5 nitrogen and oxygen atoms in total. The molecule has 5 heteroatoms. The van der Waals surface area contributed by atoms with E-state index in [4.69, 9.17) is 0 Å². The second-order valence-corrected chi connectivity index (χ2v) is 5.64. The van der Waals surface area contributed by atoms with E-state index < -0.39 is 0 Å². The summed E-state index contributed by atoms with van der Waals surface area (Å²) in [6, 6.07) is 14.6. The van der Waals surface area contributed by atoms with Gasteiger partial charge in [0.1, 0.15) is 0 Å². The fourth-order valence-electron chi connectivity index (χ4n) is 2.61. The molecule has 0 aliphatic carbocycles. The molecular formula is C19H19N3O2. The van der Waals surface area contributed by atoms with Crippen molar-refractivity contribution in [2.75, 3.05) is 28.6 Å². The Labute approximate surface area is 141 Å². The largest absolute Gasteiger partial charge is 0.364 e. The Morgan fingerprint density at radius 2 is 1.58 bits per heavy atom. The Morgan fingerprint density at radius 3 is 2.29 bits per heavy atom. The molecule has 0 bridgehead atoms. The predicted octanol–water partition coefficient (Wildman–Crippen LogP) is 3.27. The van der Waals surface area contributed by atoms with Crippen LogP contribution in [0.3, 0.4) is 0 Å². The van der Waals surface area contributed by atoms with Crippen molar-refractivity contribution in [3.8, 4) is 0 Å². The van der Waals surface area contributed by atoms with Gasteiger partial charge in [0.15, 0.2) is 0 Å². The van der Waals surface area contributed by atoms with E-state index >= 15 is 0 Å². The van der Waals surface area contributed by atoms with Crippen LogP contribution in [0, 0.1) is 0 Å². The van der Waals surface area contributed by atoms with Gasteiger partial charge in [0.05, 0.1) is 0 Å². The lowest BCUT2D eigenvalue weighted by Crippen LogP contribution is -2.19. The van der Waals surface area contributed by atoms with Crippen LogP contribution in [0.15, 0.2) is 60.7 Å². The first kappa shape index (κ1) is 15.8. The molecule has 0 saturated carbocycles. The summed E-state index contributed by atoms with van der Waals surface area (Å²) in [6.45, 7) is 3.18. The van der Waals surface area contributed by atoms with E-state index in [1.807, 2.05) is 18.2 Å². The van der Waals surface area contributed by atoms with Crippen molar-refractivity contribution in [3.63, 3.8) is 0 Å². The van der Waals surface area contributed by atoms with Crippen molar-refractivity contribution in [2.45, 2.75) is 6.92 Å². The molecule has 2 aromatic carbocycles. The monoisotopic (exact) mass is 321 g/mol. The highest BCUT2D eigenvalue weighted by molar-refractivity contribution is 6.05. The zero-order chi connectivity index (χ0) is 16.9. The van der Waals surface area contributed by atoms with Gasteiger partial charge in [0.25, 0.3) is 5.91 Å². The number of anilines is 3.